The maximum absolute atomic E-state index is 12.0. The van der Waals surface area contributed by atoms with Crippen molar-refractivity contribution >= 4 is 15.9 Å². The molecule has 0 saturated carbocycles. The van der Waals surface area contributed by atoms with Crippen molar-refractivity contribution in [1.29, 1.82) is 0 Å². The first-order valence-corrected chi connectivity index (χ1v) is 8.15. The standard InChI is InChI=1S/C11H20N2O5S/c14-11(10-2-1-6-18-10)12-3-9-19(15,16)13-4-7-17-8-5-13/h10H,1-9H2,(H,12,14). The summed E-state index contributed by atoms with van der Waals surface area (Å²) in [5, 5.41) is 2.62. The van der Waals surface area contributed by atoms with Crippen LogP contribution < -0.4 is 5.32 Å². The van der Waals surface area contributed by atoms with Crippen molar-refractivity contribution in [3.8, 4) is 0 Å². The molecule has 1 N–H and O–H groups in total. The van der Waals surface area contributed by atoms with Gasteiger partial charge in [-0.1, -0.05) is 0 Å². The Morgan fingerprint density at radius 1 is 1.26 bits per heavy atom. The predicted molar refractivity (Wildman–Crippen MR) is 68.2 cm³/mol. The van der Waals surface area contributed by atoms with E-state index in [9.17, 15) is 13.2 Å². The number of carbonyl (C=O) groups is 1. The lowest BCUT2D eigenvalue weighted by atomic mass is 10.2. The molecule has 1 amide bonds. The summed E-state index contributed by atoms with van der Waals surface area (Å²) in [6, 6.07) is 0. The fourth-order valence-corrected chi connectivity index (χ4v) is 3.48. The van der Waals surface area contributed by atoms with Gasteiger partial charge in [0, 0.05) is 26.2 Å². The molecule has 2 saturated heterocycles. The summed E-state index contributed by atoms with van der Waals surface area (Å²) < 4.78 is 35.7. The Balaban J connectivity index is 1.73. The van der Waals surface area contributed by atoms with E-state index in [0.29, 0.717) is 39.3 Å². The fourth-order valence-electron chi connectivity index (χ4n) is 2.16. The molecule has 0 aromatic carbocycles. The number of morpholine rings is 1. The zero-order valence-electron chi connectivity index (χ0n) is 10.8. The van der Waals surface area contributed by atoms with Crippen LogP contribution in [0.15, 0.2) is 0 Å². The molecule has 2 aliphatic heterocycles. The minimum atomic E-state index is -3.30. The summed E-state index contributed by atoms with van der Waals surface area (Å²) in [5.74, 6) is -0.291. The summed E-state index contributed by atoms with van der Waals surface area (Å²) in [7, 11) is -3.30. The Morgan fingerprint density at radius 3 is 2.63 bits per heavy atom. The third-order valence-corrected chi connectivity index (χ3v) is 5.12. The van der Waals surface area contributed by atoms with Crippen LogP contribution in [0.5, 0.6) is 0 Å². The maximum atomic E-state index is 12.0. The molecule has 1 atom stereocenters. The number of nitrogens with zero attached hydrogens (tertiary/aromatic N) is 1. The van der Waals surface area contributed by atoms with Gasteiger partial charge in [0.2, 0.25) is 15.9 Å². The van der Waals surface area contributed by atoms with Gasteiger partial charge in [0.1, 0.15) is 6.10 Å². The lowest BCUT2D eigenvalue weighted by Crippen LogP contribution is -2.44. The molecular weight excluding hydrogens is 272 g/mol. The highest BCUT2D eigenvalue weighted by Gasteiger charge is 2.26. The van der Waals surface area contributed by atoms with Gasteiger partial charge in [0.25, 0.3) is 0 Å². The second kappa shape index (κ2) is 6.65. The molecule has 0 aliphatic carbocycles. The monoisotopic (exact) mass is 292 g/mol. The molecule has 0 aromatic rings. The van der Waals surface area contributed by atoms with Gasteiger partial charge in [-0.25, -0.2) is 8.42 Å². The van der Waals surface area contributed by atoms with Crippen LogP contribution in [0.1, 0.15) is 12.8 Å². The van der Waals surface area contributed by atoms with Gasteiger partial charge in [0.05, 0.1) is 19.0 Å². The van der Waals surface area contributed by atoms with E-state index in [4.69, 9.17) is 9.47 Å². The highest BCUT2D eigenvalue weighted by molar-refractivity contribution is 7.89. The van der Waals surface area contributed by atoms with Crippen LogP contribution in [0.25, 0.3) is 0 Å². The van der Waals surface area contributed by atoms with Crippen LogP contribution in [0.4, 0.5) is 0 Å². The zero-order valence-corrected chi connectivity index (χ0v) is 11.7. The average molecular weight is 292 g/mol. The fraction of sp³-hybridized carbons (Fsp3) is 0.909. The molecule has 1 unspecified atom stereocenters. The first-order chi connectivity index (χ1) is 9.09. The number of amides is 1. The highest BCUT2D eigenvalue weighted by Crippen LogP contribution is 2.11. The normalized spacial score (nSPS) is 25.4. The van der Waals surface area contributed by atoms with Crippen molar-refractivity contribution in [2.45, 2.75) is 18.9 Å². The predicted octanol–water partition coefficient (Wildman–Crippen LogP) is -1.06. The molecule has 8 heteroatoms. The Bertz CT molecular complexity index is 399. The van der Waals surface area contributed by atoms with Gasteiger partial charge in [-0.15, -0.1) is 0 Å². The van der Waals surface area contributed by atoms with E-state index in [1.54, 1.807) is 0 Å². The largest absolute Gasteiger partial charge is 0.379 e. The summed E-state index contributed by atoms with van der Waals surface area (Å²) in [6.45, 7) is 2.37. The summed E-state index contributed by atoms with van der Waals surface area (Å²) in [5.41, 5.74) is 0. The van der Waals surface area contributed by atoms with Crippen molar-refractivity contribution in [2.75, 3.05) is 45.2 Å². The number of hydrogen-bond acceptors (Lipinski definition) is 5. The molecule has 2 fully saturated rings. The van der Waals surface area contributed by atoms with Crippen LogP contribution in [0.2, 0.25) is 0 Å². The molecule has 0 spiro atoms. The number of ether oxygens (including phenoxy) is 2. The molecule has 0 radical (unpaired) electrons. The molecule has 0 bridgehead atoms. The summed E-state index contributed by atoms with van der Waals surface area (Å²) in [6.07, 6.45) is 1.18. The van der Waals surface area contributed by atoms with Crippen molar-refractivity contribution in [3.63, 3.8) is 0 Å². The minimum Gasteiger partial charge on any atom is -0.379 e. The van der Waals surface area contributed by atoms with Gasteiger partial charge >= 0.3 is 0 Å². The van der Waals surface area contributed by atoms with Gasteiger partial charge in [-0.2, -0.15) is 4.31 Å². The maximum Gasteiger partial charge on any atom is 0.249 e. The number of rotatable bonds is 5. The number of nitrogens with one attached hydrogen (secondary N) is 1. The van der Waals surface area contributed by atoms with Crippen LogP contribution in [0, 0.1) is 0 Å². The van der Waals surface area contributed by atoms with E-state index in [-0.39, 0.29) is 18.2 Å². The number of sulfonamides is 1. The van der Waals surface area contributed by atoms with Crippen molar-refractivity contribution < 1.29 is 22.7 Å². The van der Waals surface area contributed by atoms with Crippen LogP contribution in [0.3, 0.4) is 0 Å². The lowest BCUT2D eigenvalue weighted by molar-refractivity contribution is -0.129. The van der Waals surface area contributed by atoms with E-state index < -0.39 is 16.1 Å². The second-order valence-corrected chi connectivity index (χ2v) is 6.71. The quantitative estimate of drug-likeness (QED) is 0.698. The molecular formula is C11H20N2O5S. The highest BCUT2D eigenvalue weighted by atomic mass is 32.2. The van der Waals surface area contributed by atoms with E-state index in [1.165, 1.54) is 4.31 Å². The second-order valence-electron chi connectivity index (χ2n) is 4.62. The van der Waals surface area contributed by atoms with Crippen LogP contribution in [-0.4, -0.2) is 69.9 Å². The van der Waals surface area contributed by atoms with Crippen LogP contribution in [-0.2, 0) is 24.3 Å². The molecule has 7 nitrogen and oxygen atoms in total. The average Bonchev–Trinajstić information content (AvgIpc) is 2.93. The third kappa shape index (κ3) is 4.13. The Hall–Kier alpha value is -0.700. The zero-order chi connectivity index (χ0) is 13.7. The number of hydrogen-bond donors (Lipinski definition) is 1. The van der Waals surface area contributed by atoms with E-state index in [0.717, 1.165) is 6.42 Å². The van der Waals surface area contributed by atoms with Crippen molar-refractivity contribution in [2.24, 2.45) is 0 Å². The van der Waals surface area contributed by atoms with E-state index in [2.05, 4.69) is 5.32 Å². The van der Waals surface area contributed by atoms with E-state index >= 15 is 0 Å². The van der Waals surface area contributed by atoms with Crippen molar-refractivity contribution in [3.05, 3.63) is 0 Å². The molecule has 2 aliphatic rings. The molecule has 0 aromatic heterocycles. The summed E-state index contributed by atoms with van der Waals surface area (Å²) >= 11 is 0. The molecule has 2 rings (SSSR count). The van der Waals surface area contributed by atoms with Gasteiger partial charge in [0.15, 0.2) is 0 Å². The lowest BCUT2D eigenvalue weighted by Gasteiger charge is -2.26. The topological polar surface area (TPSA) is 84.9 Å². The third-order valence-electron chi connectivity index (χ3n) is 3.24. The van der Waals surface area contributed by atoms with Gasteiger partial charge in [-0.3, -0.25) is 4.79 Å². The van der Waals surface area contributed by atoms with Gasteiger partial charge < -0.3 is 14.8 Å². The molecule has 19 heavy (non-hydrogen) atoms. The first kappa shape index (κ1) is 14.7. The van der Waals surface area contributed by atoms with Gasteiger partial charge in [-0.05, 0) is 12.8 Å². The smallest absolute Gasteiger partial charge is 0.249 e. The van der Waals surface area contributed by atoms with Crippen LogP contribution >= 0.6 is 0 Å². The van der Waals surface area contributed by atoms with Crippen molar-refractivity contribution in [1.82, 2.24) is 9.62 Å². The summed E-state index contributed by atoms with van der Waals surface area (Å²) in [4.78, 5) is 11.6. The molecule has 2 heterocycles. The Labute approximate surface area is 113 Å². The van der Waals surface area contributed by atoms with E-state index in [1.807, 2.05) is 0 Å². The number of carbonyl (C=O) groups excluding carboxylic acids is 1. The SMILES string of the molecule is O=C(NCCS(=O)(=O)N1CCOCC1)C1CCCO1. The molecule has 110 valence electrons. The first-order valence-electron chi connectivity index (χ1n) is 6.54. The minimum absolute atomic E-state index is 0.0779. The Kier molecular flexibility index (Phi) is 5.14. The Morgan fingerprint density at radius 2 is 2.00 bits per heavy atom.